The number of sulfonamides is 1. The van der Waals surface area contributed by atoms with E-state index in [4.69, 9.17) is 10.00 Å². The molecule has 0 saturated carbocycles. The highest BCUT2D eigenvalue weighted by Crippen LogP contribution is 2.27. The predicted molar refractivity (Wildman–Crippen MR) is 82.8 cm³/mol. The summed E-state index contributed by atoms with van der Waals surface area (Å²) >= 11 is 0. The summed E-state index contributed by atoms with van der Waals surface area (Å²) in [7, 11) is -4.02. The smallest absolute Gasteiger partial charge is 0.495 e. The predicted octanol–water partition coefficient (Wildman–Crippen LogP) is 2.57. The number of alkyl halides is 3. The summed E-state index contributed by atoms with van der Waals surface area (Å²) in [4.78, 5) is 3.90. The second-order valence-corrected chi connectivity index (χ2v) is 6.64. The average Bonchev–Trinajstić information content (AvgIpc) is 2.58. The number of halogens is 3. The van der Waals surface area contributed by atoms with Crippen LogP contribution in [-0.4, -0.2) is 26.0 Å². The van der Waals surface area contributed by atoms with Crippen LogP contribution in [0, 0.1) is 11.3 Å². The number of nitriles is 1. The lowest BCUT2D eigenvalue weighted by atomic mass is 10.0. The Balaban J connectivity index is 2.27. The molecule has 0 aliphatic carbocycles. The number of nitrogens with zero attached hydrogens (tertiary/aromatic N) is 2. The maximum atomic E-state index is 12.3. The molecule has 2 aromatic rings. The fourth-order valence-electron chi connectivity index (χ4n) is 1.97. The topological polar surface area (TPSA) is 92.1 Å². The first-order valence-electron chi connectivity index (χ1n) is 6.76. The summed E-state index contributed by atoms with van der Waals surface area (Å²) < 4.78 is 65.6. The minimum absolute atomic E-state index is 0.244. The van der Waals surface area contributed by atoms with Crippen LogP contribution in [0.3, 0.4) is 0 Å². The molecule has 1 heterocycles. The van der Waals surface area contributed by atoms with Crippen molar-refractivity contribution in [2.24, 2.45) is 0 Å². The lowest BCUT2D eigenvalue weighted by molar-refractivity contribution is -0.0448. The molecule has 0 fully saturated rings. The number of ether oxygens (including phenoxy) is 1. The third kappa shape index (κ3) is 4.26. The Morgan fingerprint density at radius 3 is 2.56 bits per heavy atom. The number of hydrogen-bond acceptors (Lipinski definition) is 5. The molecule has 0 spiro atoms. The molecule has 1 aromatic carbocycles. The largest absolute Gasteiger partial charge is 0.511 e. The van der Waals surface area contributed by atoms with Crippen molar-refractivity contribution in [3.63, 3.8) is 0 Å². The van der Waals surface area contributed by atoms with Gasteiger partial charge in [0.05, 0.1) is 12.7 Å². The van der Waals surface area contributed by atoms with Crippen LogP contribution in [0.1, 0.15) is 11.1 Å². The molecule has 2 rings (SSSR count). The zero-order valence-electron chi connectivity index (χ0n) is 12.8. The van der Waals surface area contributed by atoms with Crippen molar-refractivity contribution >= 4 is 10.0 Å². The lowest BCUT2D eigenvalue weighted by Gasteiger charge is -2.10. The van der Waals surface area contributed by atoms with E-state index in [1.807, 2.05) is 6.07 Å². The minimum atomic E-state index is -5.43. The van der Waals surface area contributed by atoms with Crippen molar-refractivity contribution in [1.29, 1.82) is 5.26 Å². The molecular formula is C15H12F3N3O3S. The molecule has 25 heavy (non-hydrogen) atoms. The van der Waals surface area contributed by atoms with Crippen molar-refractivity contribution in [2.45, 2.75) is 12.1 Å². The number of benzene rings is 1. The fraction of sp³-hybridized carbons (Fsp3) is 0.200. The second-order valence-electron chi connectivity index (χ2n) is 4.88. The summed E-state index contributed by atoms with van der Waals surface area (Å²) in [6.07, 6.45) is 2.71. The van der Waals surface area contributed by atoms with Gasteiger partial charge in [-0.3, -0.25) is 4.98 Å². The highest BCUT2D eigenvalue weighted by atomic mass is 32.2. The van der Waals surface area contributed by atoms with Crippen LogP contribution in [0.2, 0.25) is 0 Å². The van der Waals surface area contributed by atoms with E-state index in [0.29, 0.717) is 22.4 Å². The standard InChI is InChI=1S/C15H12F3N3O3S/c1-24-14-5-11(2-3-12(14)6-19)13-4-10(7-20-9-13)8-21-25(22,23)15(16,17)18/h2-5,7,9,21H,8H2,1H3. The van der Waals surface area contributed by atoms with Gasteiger partial charge in [0.15, 0.2) is 0 Å². The summed E-state index contributed by atoms with van der Waals surface area (Å²) in [5.41, 5.74) is -3.66. The van der Waals surface area contributed by atoms with Gasteiger partial charge in [0.2, 0.25) is 0 Å². The van der Waals surface area contributed by atoms with E-state index in [9.17, 15) is 21.6 Å². The van der Waals surface area contributed by atoms with Gasteiger partial charge >= 0.3 is 15.5 Å². The van der Waals surface area contributed by atoms with Crippen molar-refractivity contribution in [2.75, 3.05) is 7.11 Å². The minimum Gasteiger partial charge on any atom is -0.495 e. The molecule has 10 heteroatoms. The van der Waals surface area contributed by atoms with E-state index < -0.39 is 22.1 Å². The average molecular weight is 371 g/mol. The number of methoxy groups -OCH3 is 1. The molecule has 0 amide bonds. The van der Waals surface area contributed by atoms with Gasteiger partial charge in [0.25, 0.3) is 0 Å². The molecule has 0 aliphatic heterocycles. The van der Waals surface area contributed by atoms with E-state index in [-0.39, 0.29) is 5.56 Å². The van der Waals surface area contributed by atoms with Gasteiger partial charge in [-0.2, -0.15) is 18.4 Å². The van der Waals surface area contributed by atoms with Crippen LogP contribution in [0.5, 0.6) is 5.75 Å². The Morgan fingerprint density at radius 1 is 1.24 bits per heavy atom. The van der Waals surface area contributed by atoms with Gasteiger partial charge in [-0.1, -0.05) is 6.07 Å². The van der Waals surface area contributed by atoms with Crippen LogP contribution in [0.25, 0.3) is 11.1 Å². The molecule has 132 valence electrons. The highest BCUT2D eigenvalue weighted by Gasteiger charge is 2.45. The first-order valence-corrected chi connectivity index (χ1v) is 8.24. The van der Waals surface area contributed by atoms with Gasteiger partial charge in [0.1, 0.15) is 11.8 Å². The van der Waals surface area contributed by atoms with E-state index in [2.05, 4.69) is 4.98 Å². The van der Waals surface area contributed by atoms with Gasteiger partial charge in [-0.15, -0.1) is 0 Å². The zero-order valence-corrected chi connectivity index (χ0v) is 13.6. The van der Waals surface area contributed by atoms with Crippen LogP contribution >= 0.6 is 0 Å². The first kappa shape index (κ1) is 18.7. The maximum absolute atomic E-state index is 12.3. The zero-order chi connectivity index (χ0) is 18.7. The Morgan fingerprint density at radius 2 is 1.96 bits per heavy atom. The molecule has 0 unspecified atom stereocenters. The number of hydrogen-bond donors (Lipinski definition) is 1. The summed E-state index contributed by atoms with van der Waals surface area (Å²) in [6, 6.07) is 8.20. The SMILES string of the molecule is COc1cc(-c2cncc(CNS(=O)(=O)C(F)(F)F)c2)ccc1C#N. The third-order valence-corrected chi connectivity index (χ3v) is 4.36. The van der Waals surface area contributed by atoms with Crippen LogP contribution in [0.4, 0.5) is 13.2 Å². The van der Waals surface area contributed by atoms with Crippen LogP contribution in [-0.2, 0) is 16.6 Å². The van der Waals surface area contributed by atoms with E-state index in [1.54, 1.807) is 12.1 Å². The van der Waals surface area contributed by atoms with Crippen LogP contribution in [0.15, 0.2) is 36.7 Å². The molecular weight excluding hydrogens is 359 g/mol. The number of pyridine rings is 1. The molecule has 1 N–H and O–H groups in total. The molecule has 6 nitrogen and oxygen atoms in total. The van der Waals surface area contributed by atoms with E-state index >= 15 is 0 Å². The van der Waals surface area contributed by atoms with Crippen molar-refractivity contribution in [1.82, 2.24) is 9.71 Å². The Bertz CT molecular complexity index is 922. The van der Waals surface area contributed by atoms with Gasteiger partial charge < -0.3 is 4.74 Å². The quantitative estimate of drug-likeness (QED) is 0.872. The highest BCUT2D eigenvalue weighted by molar-refractivity contribution is 7.90. The van der Waals surface area contributed by atoms with Crippen LogP contribution < -0.4 is 9.46 Å². The number of rotatable bonds is 5. The Kier molecular flexibility index (Phi) is 5.30. The summed E-state index contributed by atoms with van der Waals surface area (Å²) in [6.45, 7) is -0.559. The van der Waals surface area contributed by atoms with E-state index in [0.717, 1.165) is 0 Å². The van der Waals surface area contributed by atoms with Gasteiger partial charge in [0, 0.05) is 24.5 Å². The van der Waals surface area contributed by atoms with Gasteiger partial charge in [-0.25, -0.2) is 13.1 Å². The molecule has 0 aliphatic rings. The number of aromatic nitrogens is 1. The second kappa shape index (κ2) is 7.08. The molecule has 1 aromatic heterocycles. The van der Waals surface area contributed by atoms with E-state index in [1.165, 1.54) is 36.4 Å². The monoisotopic (exact) mass is 371 g/mol. The molecule has 0 radical (unpaired) electrons. The normalized spacial score (nSPS) is 11.8. The molecule has 0 saturated heterocycles. The van der Waals surface area contributed by atoms with Gasteiger partial charge in [-0.05, 0) is 29.3 Å². The third-order valence-electron chi connectivity index (χ3n) is 3.22. The first-order chi connectivity index (χ1) is 11.7. The maximum Gasteiger partial charge on any atom is 0.511 e. The summed E-state index contributed by atoms with van der Waals surface area (Å²) in [5.74, 6) is 0.336. The van der Waals surface area contributed by atoms with Crippen molar-refractivity contribution in [3.05, 3.63) is 47.8 Å². The molecule has 0 atom stereocenters. The Hall–Kier alpha value is -2.64. The summed E-state index contributed by atoms with van der Waals surface area (Å²) in [5, 5.41) is 8.97. The van der Waals surface area contributed by atoms with Crippen molar-refractivity contribution < 1.29 is 26.3 Å². The van der Waals surface area contributed by atoms with Crippen molar-refractivity contribution in [3.8, 4) is 22.9 Å². The fourth-order valence-corrected chi connectivity index (χ4v) is 2.49. The Labute approximate surface area is 141 Å². The lowest BCUT2D eigenvalue weighted by Crippen LogP contribution is -2.36. The number of nitrogens with one attached hydrogen (secondary N) is 1. The molecule has 0 bridgehead atoms.